The Labute approximate surface area is 196 Å². The minimum atomic E-state index is -3.16. The molecule has 0 radical (unpaired) electrons. The van der Waals surface area contributed by atoms with Gasteiger partial charge in [-0.05, 0) is 6.42 Å². The summed E-state index contributed by atoms with van der Waals surface area (Å²) in [6.45, 7) is -2.93. The molecule has 0 saturated carbocycles. The van der Waals surface area contributed by atoms with Crippen LogP contribution in [0.15, 0.2) is 28.0 Å². The van der Waals surface area contributed by atoms with Crippen molar-refractivity contribution in [1.29, 1.82) is 0 Å². The zero-order chi connectivity index (χ0) is 25.9. The second-order valence-electron chi connectivity index (χ2n) is 7.39. The van der Waals surface area contributed by atoms with E-state index in [0.717, 1.165) is 23.8 Å². The van der Waals surface area contributed by atoms with Crippen LogP contribution in [0.2, 0.25) is 0 Å². The third-order valence-electron chi connectivity index (χ3n) is 5.22. The first-order valence-corrected chi connectivity index (χ1v) is 10.2. The number of anilines is 1. The Morgan fingerprint density at radius 3 is 2.46 bits per heavy atom. The molecule has 0 aliphatic rings. The van der Waals surface area contributed by atoms with Crippen molar-refractivity contribution in [3.05, 3.63) is 44.9 Å². The molecule has 12 nitrogen and oxygen atoms in total. The highest BCUT2D eigenvalue weighted by atomic mass is 19.3. The van der Waals surface area contributed by atoms with Gasteiger partial charge < -0.3 is 24.1 Å². The Morgan fingerprint density at radius 1 is 1.11 bits per heavy atom. The number of esters is 1. The summed E-state index contributed by atoms with van der Waals surface area (Å²) >= 11 is 0. The van der Waals surface area contributed by atoms with E-state index in [2.05, 4.69) is 19.8 Å². The normalized spacial score (nSPS) is 11.1. The van der Waals surface area contributed by atoms with Gasteiger partial charge in [0.05, 0.1) is 31.8 Å². The third kappa shape index (κ3) is 5.15. The summed E-state index contributed by atoms with van der Waals surface area (Å²) in [7, 11) is 5.18. The van der Waals surface area contributed by atoms with Crippen LogP contribution in [0.5, 0.6) is 11.5 Å². The van der Waals surface area contributed by atoms with Gasteiger partial charge in [-0.15, -0.1) is 0 Å². The van der Waals surface area contributed by atoms with Gasteiger partial charge in [0.25, 0.3) is 5.56 Å². The number of fused-ring (bicyclic) bond motifs is 1. The summed E-state index contributed by atoms with van der Waals surface area (Å²) in [6.07, 6.45) is 1.60. The lowest BCUT2D eigenvalue weighted by Crippen LogP contribution is -2.37. The minimum Gasteiger partial charge on any atom is -0.493 e. The van der Waals surface area contributed by atoms with Crippen LogP contribution in [0.4, 0.5) is 14.5 Å². The summed E-state index contributed by atoms with van der Waals surface area (Å²) in [5, 5.41) is 2.49. The molecule has 2 heterocycles. The monoisotopic (exact) mass is 495 g/mol. The number of nitrogens with zero attached hydrogens (tertiary/aromatic N) is 4. The van der Waals surface area contributed by atoms with Crippen molar-refractivity contribution < 1.29 is 32.6 Å². The number of aryl methyl sites for hydroxylation is 2. The van der Waals surface area contributed by atoms with E-state index in [-0.39, 0.29) is 53.3 Å². The van der Waals surface area contributed by atoms with E-state index in [1.54, 1.807) is 0 Å². The lowest BCUT2D eigenvalue weighted by molar-refractivity contribution is -0.116. The van der Waals surface area contributed by atoms with E-state index < -0.39 is 29.7 Å². The number of amides is 1. The second kappa shape index (κ2) is 10.4. The summed E-state index contributed by atoms with van der Waals surface area (Å²) in [5.41, 5.74) is -0.817. The van der Waals surface area contributed by atoms with Gasteiger partial charge in [0.2, 0.25) is 5.91 Å². The number of benzene rings is 1. The minimum absolute atomic E-state index is 0.0522. The van der Waals surface area contributed by atoms with Crippen LogP contribution >= 0.6 is 0 Å². The van der Waals surface area contributed by atoms with Gasteiger partial charge in [-0.3, -0.25) is 18.7 Å². The fraction of sp³-hybridized carbons (Fsp3) is 0.381. The number of alkyl halides is 2. The first-order chi connectivity index (χ1) is 16.6. The maximum Gasteiger partial charge on any atom is 0.387 e. The fourth-order valence-electron chi connectivity index (χ4n) is 3.48. The smallest absolute Gasteiger partial charge is 0.387 e. The number of carbonyl (C=O) groups is 2. The Morgan fingerprint density at radius 2 is 1.83 bits per heavy atom. The van der Waals surface area contributed by atoms with E-state index in [0.29, 0.717) is 0 Å². The van der Waals surface area contributed by atoms with E-state index in [1.165, 1.54) is 36.7 Å². The number of hydrogen-bond donors (Lipinski definition) is 1. The van der Waals surface area contributed by atoms with Gasteiger partial charge in [0.15, 0.2) is 22.7 Å². The number of hydrogen-bond acceptors (Lipinski definition) is 8. The van der Waals surface area contributed by atoms with E-state index in [1.807, 2.05) is 0 Å². The van der Waals surface area contributed by atoms with Crippen LogP contribution in [-0.4, -0.2) is 51.4 Å². The summed E-state index contributed by atoms with van der Waals surface area (Å²) in [4.78, 5) is 53.3. The molecule has 35 heavy (non-hydrogen) atoms. The molecule has 0 aliphatic carbocycles. The number of aromatic nitrogens is 4. The van der Waals surface area contributed by atoms with E-state index in [9.17, 15) is 28.0 Å². The highest BCUT2D eigenvalue weighted by molar-refractivity contribution is 6.02. The Bertz CT molecular complexity index is 1390. The molecule has 14 heteroatoms. The van der Waals surface area contributed by atoms with Gasteiger partial charge in [0, 0.05) is 39.2 Å². The largest absolute Gasteiger partial charge is 0.493 e. The van der Waals surface area contributed by atoms with Crippen LogP contribution in [0, 0.1) is 0 Å². The number of halogens is 2. The average molecular weight is 495 g/mol. The quantitative estimate of drug-likeness (QED) is 0.438. The maximum atomic E-state index is 12.8. The molecule has 0 aliphatic heterocycles. The number of imidazole rings is 1. The molecule has 0 atom stereocenters. The molecule has 0 bridgehead atoms. The number of rotatable bonds is 9. The summed E-state index contributed by atoms with van der Waals surface area (Å²) in [5.74, 6) is -1.88. The second-order valence-corrected chi connectivity index (χ2v) is 7.39. The lowest BCUT2D eigenvalue weighted by Gasteiger charge is -2.15. The van der Waals surface area contributed by atoms with Gasteiger partial charge in [-0.2, -0.15) is 8.78 Å². The molecular weight excluding hydrogens is 472 g/mol. The molecule has 0 saturated heterocycles. The zero-order valence-corrected chi connectivity index (χ0v) is 19.3. The van der Waals surface area contributed by atoms with Crippen molar-refractivity contribution in [1.82, 2.24) is 18.7 Å². The zero-order valence-electron chi connectivity index (χ0n) is 19.3. The lowest BCUT2D eigenvalue weighted by atomic mass is 10.1. The van der Waals surface area contributed by atoms with Gasteiger partial charge in [0.1, 0.15) is 0 Å². The highest BCUT2D eigenvalue weighted by Crippen LogP contribution is 2.35. The maximum absolute atomic E-state index is 12.8. The number of nitrogens with one attached hydrogen (secondary N) is 1. The fourth-order valence-corrected chi connectivity index (χ4v) is 3.48. The SMILES string of the molecule is COC(=O)c1cc(OC)c(OC(F)F)cc1NC(=O)CCCn1cnc2c1c(=O)n(C)c(=O)n2C. The average Bonchev–Trinajstić information content (AvgIpc) is 3.24. The molecule has 188 valence electrons. The van der Waals surface area contributed by atoms with Crippen molar-refractivity contribution >= 4 is 28.7 Å². The predicted molar refractivity (Wildman–Crippen MR) is 119 cm³/mol. The first-order valence-electron chi connectivity index (χ1n) is 10.2. The van der Waals surface area contributed by atoms with Crippen LogP contribution in [0.25, 0.3) is 11.2 Å². The Kier molecular flexibility index (Phi) is 7.52. The van der Waals surface area contributed by atoms with Crippen molar-refractivity contribution in [2.75, 3.05) is 19.5 Å². The standard InChI is InChI=1S/C21H23F2N5O7/c1-26-17-16(18(30)27(2)21(26)32)28(10-24-17)7-5-6-15(29)25-12-9-14(35-20(22)23)13(33-3)8-11(12)19(31)34-4/h8-10,20H,5-7H2,1-4H3,(H,25,29). The molecule has 0 spiro atoms. The van der Waals surface area contributed by atoms with E-state index >= 15 is 0 Å². The van der Waals surface area contributed by atoms with Crippen molar-refractivity contribution in [2.24, 2.45) is 14.1 Å². The summed E-state index contributed by atoms with van der Waals surface area (Å²) in [6, 6.07) is 2.17. The van der Waals surface area contributed by atoms with Crippen LogP contribution in [-0.2, 0) is 30.2 Å². The predicted octanol–water partition coefficient (Wildman–Crippen LogP) is 1.25. The van der Waals surface area contributed by atoms with Gasteiger partial charge >= 0.3 is 18.3 Å². The molecule has 3 aromatic rings. The van der Waals surface area contributed by atoms with Crippen LogP contribution in [0.3, 0.4) is 0 Å². The molecule has 0 unspecified atom stereocenters. The number of carbonyl (C=O) groups excluding carboxylic acids is 2. The van der Waals surface area contributed by atoms with Crippen molar-refractivity contribution in [2.45, 2.75) is 26.0 Å². The van der Waals surface area contributed by atoms with Gasteiger partial charge in [-0.25, -0.2) is 14.6 Å². The Hall–Kier alpha value is -4.23. The van der Waals surface area contributed by atoms with Crippen molar-refractivity contribution in [3.63, 3.8) is 0 Å². The molecule has 0 fully saturated rings. The highest BCUT2D eigenvalue weighted by Gasteiger charge is 2.21. The molecule has 1 N–H and O–H groups in total. The van der Waals surface area contributed by atoms with Crippen LogP contribution < -0.4 is 26.0 Å². The first kappa shape index (κ1) is 25.4. The molecular formula is C21H23F2N5O7. The third-order valence-corrected chi connectivity index (χ3v) is 5.22. The molecule has 1 aromatic carbocycles. The van der Waals surface area contributed by atoms with E-state index in [4.69, 9.17) is 4.74 Å². The Balaban J connectivity index is 1.78. The van der Waals surface area contributed by atoms with Gasteiger partial charge in [-0.1, -0.05) is 0 Å². The topological polar surface area (TPSA) is 136 Å². The van der Waals surface area contributed by atoms with Crippen LogP contribution in [0.1, 0.15) is 23.2 Å². The molecule has 1 amide bonds. The number of ether oxygens (including phenoxy) is 3. The number of methoxy groups -OCH3 is 2. The molecule has 2 aromatic heterocycles. The molecule has 3 rings (SSSR count). The summed E-state index contributed by atoms with van der Waals surface area (Å²) < 4.78 is 43.3. The van der Waals surface area contributed by atoms with Crippen molar-refractivity contribution in [3.8, 4) is 11.5 Å².